The number of imidazole rings is 1. The molecule has 0 aliphatic heterocycles. The molecule has 0 aromatic carbocycles. The summed E-state index contributed by atoms with van der Waals surface area (Å²) in [7, 11) is 1.32. The van der Waals surface area contributed by atoms with Gasteiger partial charge in [-0.25, -0.2) is 4.98 Å². The van der Waals surface area contributed by atoms with Gasteiger partial charge in [-0.1, -0.05) is 96.8 Å². The van der Waals surface area contributed by atoms with E-state index in [2.05, 4.69) is 40.0 Å². The molecule has 11 heteroatoms. The molecule has 0 aliphatic carbocycles. The number of carbonyl (C=O) groups excluding carboxylic acids is 2. The van der Waals surface area contributed by atoms with Crippen LogP contribution in [0, 0.1) is 18.4 Å². The lowest BCUT2D eigenvalue weighted by Crippen LogP contribution is -2.50. The van der Waals surface area contributed by atoms with E-state index in [0.717, 1.165) is 44.9 Å². The summed E-state index contributed by atoms with van der Waals surface area (Å²) in [6.07, 6.45) is 20.2. The normalized spacial score (nSPS) is 13.4. The summed E-state index contributed by atoms with van der Waals surface area (Å²) >= 11 is 0. The van der Waals surface area contributed by atoms with Gasteiger partial charge in [-0.3, -0.25) is 9.59 Å². The van der Waals surface area contributed by atoms with Crippen molar-refractivity contribution < 1.29 is 28.6 Å². The Hall–Kier alpha value is -3.10. The van der Waals surface area contributed by atoms with Gasteiger partial charge in [0.15, 0.2) is 28.7 Å². The predicted octanol–water partition coefficient (Wildman–Crippen LogP) is 6.11. The summed E-state index contributed by atoms with van der Waals surface area (Å²) in [5.74, 6) is 1.61. The molecule has 2 heterocycles. The molecule has 10 nitrogen and oxygen atoms in total. The van der Waals surface area contributed by atoms with Gasteiger partial charge in [-0.2, -0.15) is 14.4 Å². The number of nitrogens with zero attached hydrogens (tertiary/aromatic N) is 4. The first-order chi connectivity index (χ1) is 20.8. The summed E-state index contributed by atoms with van der Waals surface area (Å²) in [4.78, 5) is 37.3. The number of hydrogen-bond donors (Lipinski definition) is 2. The highest BCUT2D eigenvalue weighted by atomic mass is 19.1. The first-order valence-electron chi connectivity index (χ1n) is 15.9. The van der Waals surface area contributed by atoms with Crippen molar-refractivity contribution in [3.63, 3.8) is 0 Å². The standard InChI is InChI=1S/C32H50FN5O5/c1-5-8-10-12-14-16-18-20-26(40)35-29-28-30(37-31(33)36-29)38(24-34-28)22-25(32(7-3,23-39)42-4)43-27(41)21-19-17-15-13-11-9-6-2/h3,24-25,39H,5-6,8-23H2,1-2,4H3,(H,35,36,37,40)/t25-,32?/m0/s1. The molecular weight excluding hydrogens is 553 g/mol. The minimum atomic E-state index is -1.65. The maximum Gasteiger partial charge on any atom is 0.312 e. The van der Waals surface area contributed by atoms with E-state index in [1.165, 1.54) is 56.5 Å². The molecule has 240 valence electrons. The maximum absolute atomic E-state index is 14.5. The summed E-state index contributed by atoms with van der Waals surface area (Å²) in [5, 5.41) is 12.8. The number of anilines is 1. The number of amides is 1. The lowest BCUT2D eigenvalue weighted by molar-refractivity contribution is -0.168. The second-order valence-corrected chi connectivity index (χ2v) is 11.1. The molecule has 0 fully saturated rings. The Kier molecular flexibility index (Phi) is 16.8. The number of halogens is 1. The highest BCUT2D eigenvalue weighted by Gasteiger charge is 2.41. The Balaban J connectivity index is 2.10. The molecule has 2 atom stereocenters. The molecule has 43 heavy (non-hydrogen) atoms. The van der Waals surface area contributed by atoms with E-state index >= 15 is 0 Å². The number of carbonyl (C=O) groups is 2. The first-order valence-corrected chi connectivity index (χ1v) is 15.9. The van der Waals surface area contributed by atoms with E-state index in [1.807, 2.05) is 0 Å². The topological polar surface area (TPSA) is 128 Å². The molecule has 1 unspecified atom stereocenters. The highest BCUT2D eigenvalue weighted by molar-refractivity contribution is 5.96. The van der Waals surface area contributed by atoms with Crippen LogP contribution in [0.1, 0.15) is 117 Å². The Morgan fingerprint density at radius 2 is 1.58 bits per heavy atom. The SMILES string of the molecule is C#CC(CO)(OC)[C@H](Cn1cnc2c(NC(=O)CCCCCCCCC)nc(F)nc21)OC(=O)CCCCCCCCC. The second kappa shape index (κ2) is 20.0. The number of nitrogens with one attached hydrogen (secondary N) is 1. The highest BCUT2D eigenvalue weighted by Crippen LogP contribution is 2.25. The minimum absolute atomic E-state index is 0.0428. The monoisotopic (exact) mass is 603 g/mol. The number of fused-ring (bicyclic) bond motifs is 1. The van der Waals surface area contributed by atoms with Gasteiger partial charge in [-0.15, -0.1) is 6.42 Å². The summed E-state index contributed by atoms with van der Waals surface area (Å²) in [5.41, 5.74) is -1.40. The van der Waals surface area contributed by atoms with Crippen LogP contribution in [0.25, 0.3) is 11.2 Å². The molecule has 0 aliphatic rings. The van der Waals surface area contributed by atoms with Crippen LogP contribution in [0.5, 0.6) is 0 Å². The molecule has 0 saturated carbocycles. The molecule has 0 spiro atoms. The molecule has 0 bridgehead atoms. The third-order valence-corrected chi connectivity index (χ3v) is 7.69. The van der Waals surface area contributed by atoms with Gasteiger partial charge in [0, 0.05) is 20.0 Å². The molecule has 2 N–H and O–H groups in total. The van der Waals surface area contributed by atoms with E-state index in [0.29, 0.717) is 6.42 Å². The zero-order valence-electron chi connectivity index (χ0n) is 26.2. The average molecular weight is 604 g/mol. The van der Waals surface area contributed by atoms with Gasteiger partial charge in [0.2, 0.25) is 5.91 Å². The Morgan fingerprint density at radius 1 is 1.00 bits per heavy atom. The van der Waals surface area contributed by atoms with Gasteiger partial charge >= 0.3 is 12.0 Å². The van der Waals surface area contributed by atoms with E-state index < -0.39 is 30.4 Å². The molecular formula is C32H50FN5O5. The van der Waals surface area contributed by atoms with Crippen molar-refractivity contribution in [2.75, 3.05) is 19.0 Å². The lowest BCUT2D eigenvalue weighted by atomic mass is 9.97. The van der Waals surface area contributed by atoms with Gasteiger partial charge in [0.1, 0.15) is 0 Å². The van der Waals surface area contributed by atoms with Gasteiger partial charge in [-0.05, 0) is 12.8 Å². The third kappa shape index (κ3) is 11.8. The first kappa shape index (κ1) is 36.1. The Labute approximate surface area is 255 Å². The average Bonchev–Trinajstić information content (AvgIpc) is 3.39. The van der Waals surface area contributed by atoms with Gasteiger partial charge < -0.3 is 24.5 Å². The van der Waals surface area contributed by atoms with Crippen LogP contribution in [0.4, 0.5) is 10.2 Å². The smallest absolute Gasteiger partial charge is 0.312 e. The van der Waals surface area contributed by atoms with Gasteiger partial charge in [0.25, 0.3) is 0 Å². The van der Waals surface area contributed by atoms with Crippen molar-refractivity contribution in [2.24, 2.45) is 0 Å². The molecule has 2 rings (SSSR count). The number of aliphatic hydroxyl groups excluding tert-OH is 1. The van der Waals surface area contributed by atoms with Crippen molar-refractivity contribution >= 4 is 28.9 Å². The van der Waals surface area contributed by atoms with Crippen LogP contribution in [0.2, 0.25) is 0 Å². The molecule has 0 saturated heterocycles. The van der Waals surface area contributed by atoms with E-state index in [1.54, 1.807) is 0 Å². The summed E-state index contributed by atoms with van der Waals surface area (Å²) in [6.45, 7) is 3.59. The van der Waals surface area contributed by atoms with E-state index in [-0.39, 0.29) is 42.3 Å². The van der Waals surface area contributed by atoms with E-state index in [9.17, 15) is 19.1 Å². The fourth-order valence-corrected chi connectivity index (χ4v) is 4.97. The Morgan fingerprint density at radius 3 is 2.14 bits per heavy atom. The molecule has 0 radical (unpaired) electrons. The quantitative estimate of drug-likeness (QED) is 0.0674. The van der Waals surface area contributed by atoms with Crippen molar-refractivity contribution in [3.8, 4) is 12.3 Å². The van der Waals surface area contributed by atoms with Crippen LogP contribution < -0.4 is 5.32 Å². The van der Waals surface area contributed by atoms with Crippen molar-refractivity contribution in [1.82, 2.24) is 19.5 Å². The number of aliphatic hydroxyl groups is 1. The number of rotatable bonds is 23. The fourth-order valence-electron chi connectivity index (χ4n) is 4.97. The van der Waals surface area contributed by atoms with Crippen LogP contribution >= 0.6 is 0 Å². The maximum atomic E-state index is 14.5. The Bertz CT molecular complexity index is 1160. The number of esters is 1. The van der Waals surface area contributed by atoms with Gasteiger partial charge in [0.05, 0.1) is 19.5 Å². The van der Waals surface area contributed by atoms with Crippen LogP contribution in [0.15, 0.2) is 6.33 Å². The predicted molar refractivity (Wildman–Crippen MR) is 165 cm³/mol. The van der Waals surface area contributed by atoms with Crippen molar-refractivity contribution in [2.45, 2.75) is 135 Å². The van der Waals surface area contributed by atoms with E-state index in [4.69, 9.17) is 15.9 Å². The van der Waals surface area contributed by atoms with Crippen LogP contribution in [-0.2, 0) is 25.6 Å². The van der Waals surface area contributed by atoms with Crippen molar-refractivity contribution in [1.29, 1.82) is 0 Å². The zero-order chi connectivity index (χ0) is 31.5. The number of unbranched alkanes of at least 4 members (excludes halogenated alkanes) is 12. The lowest BCUT2D eigenvalue weighted by Gasteiger charge is -2.33. The van der Waals surface area contributed by atoms with Crippen LogP contribution in [-0.4, -0.2) is 61.9 Å². The zero-order valence-corrected chi connectivity index (χ0v) is 26.2. The fraction of sp³-hybridized carbons (Fsp3) is 0.719. The second-order valence-electron chi connectivity index (χ2n) is 11.1. The van der Waals surface area contributed by atoms with Crippen molar-refractivity contribution in [3.05, 3.63) is 12.4 Å². The molecule has 1 amide bonds. The molecule has 2 aromatic rings. The number of terminal acetylenes is 1. The number of hydrogen-bond acceptors (Lipinski definition) is 8. The summed E-state index contributed by atoms with van der Waals surface area (Å²) < 4.78 is 27.2. The number of aromatic nitrogens is 4. The number of methoxy groups -OCH3 is 1. The van der Waals surface area contributed by atoms with Crippen LogP contribution in [0.3, 0.4) is 0 Å². The third-order valence-electron chi connectivity index (χ3n) is 7.69. The largest absolute Gasteiger partial charge is 0.456 e. The minimum Gasteiger partial charge on any atom is -0.456 e. The summed E-state index contributed by atoms with van der Waals surface area (Å²) in [6, 6.07) is 0. The number of ether oxygens (including phenoxy) is 2. The molecule has 2 aromatic heterocycles.